The Bertz CT molecular complexity index is 1040. The van der Waals surface area contributed by atoms with Gasteiger partial charge in [0.05, 0.1) is 30.8 Å². The topological polar surface area (TPSA) is 57.6 Å². The molecular weight excluding hydrogens is 374 g/mol. The normalized spacial score (nSPS) is 23.4. The van der Waals surface area contributed by atoms with Crippen molar-refractivity contribution in [3.05, 3.63) is 89.0 Å². The van der Waals surface area contributed by atoms with Gasteiger partial charge in [-0.1, -0.05) is 24.6 Å². The fourth-order valence-electron chi connectivity index (χ4n) is 5.11. The number of fused-ring (bicyclic) bond motifs is 1. The fraction of sp³-hybridized carbons (Fsp3) is 0.320. The maximum Gasteiger partial charge on any atom is 0.119 e. The van der Waals surface area contributed by atoms with Crippen molar-refractivity contribution in [3.8, 4) is 5.75 Å². The molecule has 2 aromatic rings. The molecule has 3 atom stereocenters. The van der Waals surface area contributed by atoms with E-state index in [-0.39, 0.29) is 0 Å². The summed E-state index contributed by atoms with van der Waals surface area (Å²) in [5, 5.41) is 13.0. The first kappa shape index (κ1) is 18.9. The second-order valence-electron chi connectivity index (χ2n) is 8.27. The number of pyridine rings is 1. The van der Waals surface area contributed by atoms with Gasteiger partial charge in [0.25, 0.3) is 0 Å². The number of hydrogen-bond donors (Lipinski definition) is 2. The minimum Gasteiger partial charge on any atom is -0.497 e. The van der Waals surface area contributed by atoms with Gasteiger partial charge in [0.1, 0.15) is 5.75 Å². The van der Waals surface area contributed by atoms with Crippen LogP contribution in [0.5, 0.6) is 5.75 Å². The maximum absolute atomic E-state index is 10.9. The lowest BCUT2D eigenvalue weighted by atomic mass is 9.78. The van der Waals surface area contributed by atoms with Crippen LogP contribution in [0, 0.1) is 11.8 Å². The van der Waals surface area contributed by atoms with Crippen molar-refractivity contribution in [2.45, 2.75) is 32.3 Å². The highest BCUT2D eigenvalue weighted by Crippen LogP contribution is 2.49. The number of nitrogens with one attached hydrogen (secondary N) is 1. The number of aliphatic hydroxyl groups excluding tert-OH is 1. The minimum absolute atomic E-state index is 0.333. The average Bonchev–Trinajstić information content (AvgIpc) is 3.39. The Kier molecular flexibility index (Phi) is 4.83. The Morgan fingerprint density at radius 1 is 1.30 bits per heavy atom. The number of aliphatic hydroxyl groups is 1. The Labute approximate surface area is 177 Å². The molecule has 0 radical (unpaired) electrons. The van der Waals surface area contributed by atoms with Crippen LogP contribution < -0.4 is 15.2 Å². The van der Waals surface area contributed by atoms with Crippen molar-refractivity contribution in [1.29, 1.82) is 0 Å². The third-order valence-corrected chi connectivity index (χ3v) is 6.59. The monoisotopic (exact) mass is 401 g/mol. The predicted molar refractivity (Wildman–Crippen MR) is 118 cm³/mol. The summed E-state index contributed by atoms with van der Waals surface area (Å²) in [6.45, 7) is 2.29. The molecule has 5 rings (SSSR count). The van der Waals surface area contributed by atoms with Gasteiger partial charge in [-0.05, 0) is 66.7 Å². The van der Waals surface area contributed by atoms with Crippen molar-refractivity contribution in [2.75, 3.05) is 12.1 Å². The van der Waals surface area contributed by atoms with E-state index in [9.17, 15) is 5.11 Å². The minimum atomic E-state index is -0.489. The van der Waals surface area contributed by atoms with Gasteiger partial charge in [-0.15, -0.1) is 0 Å². The second-order valence-corrected chi connectivity index (χ2v) is 8.27. The van der Waals surface area contributed by atoms with E-state index in [2.05, 4.69) is 40.7 Å². The molecule has 154 valence electrons. The van der Waals surface area contributed by atoms with Gasteiger partial charge in [0.2, 0.25) is 0 Å². The number of anilines is 1. The highest BCUT2D eigenvalue weighted by molar-refractivity contribution is 5.64. The second kappa shape index (κ2) is 7.65. The number of nitrogens with zero attached hydrogens (tertiary/aromatic N) is 2. The van der Waals surface area contributed by atoms with E-state index < -0.39 is 6.10 Å². The zero-order valence-electron chi connectivity index (χ0n) is 17.4. The van der Waals surface area contributed by atoms with Gasteiger partial charge in [-0.2, -0.15) is 0 Å². The molecule has 0 fully saturated rings. The number of aromatic nitrogens is 1. The highest BCUT2D eigenvalue weighted by atomic mass is 16.5. The van der Waals surface area contributed by atoms with Crippen molar-refractivity contribution in [2.24, 2.45) is 11.8 Å². The molecular formula is C25H27N3O2. The van der Waals surface area contributed by atoms with Crippen LogP contribution in [0.4, 0.5) is 5.69 Å². The van der Waals surface area contributed by atoms with Gasteiger partial charge in [-0.3, -0.25) is 9.99 Å². The van der Waals surface area contributed by atoms with Crippen molar-refractivity contribution < 1.29 is 9.84 Å². The number of methoxy groups -OCH3 is 1. The number of hydrogen-bond acceptors (Lipinski definition) is 5. The van der Waals surface area contributed by atoms with Crippen LogP contribution in [0.2, 0.25) is 0 Å². The molecule has 3 aliphatic rings. The van der Waals surface area contributed by atoms with Gasteiger partial charge in [-0.25, -0.2) is 0 Å². The van der Waals surface area contributed by atoms with Crippen LogP contribution in [0.1, 0.15) is 37.9 Å². The SMILES string of the molecule is COc1cccc(C(O)C[C@H]2CCC3=C2[C@@H](C)C2=CNN(c4cccnc4)C2=C3)c1. The molecule has 1 aromatic heterocycles. The Hall–Kier alpha value is -3.05. The lowest BCUT2D eigenvalue weighted by molar-refractivity contribution is 0.149. The highest BCUT2D eigenvalue weighted by Gasteiger charge is 2.38. The van der Waals surface area contributed by atoms with E-state index in [4.69, 9.17) is 4.74 Å². The summed E-state index contributed by atoms with van der Waals surface area (Å²) >= 11 is 0. The van der Waals surface area contributed by atoms with Crippen LogP contribution in [0.25, 0.3) is 0 Å². The van der Waals surface area contributed by atoms with Crippen molar-refractivity contribution in [1.82, 2.24) is 10.4 Å². The molecule has 30 heavy (non-hydrogen) atoms. The van der Waals surface area contributed by atoms with Crippen LogP contribution in [-0.4, -0.2) is 17.2 Å². The van der Waals surface area contributed by atoms with E-state index in [0.29, 0.717) is 11.8 Å². The zero-order valence-corrected chi connectivity index (χ0v) is 17.4. The van der Waals surface area contributed by atoms with Gasteiger partial charge in [0, 0.05) is 23.9 Å². The molecule has 1 unspecified atom stereocenters. The summed E-state index contributed by atoms with van der Waals surface area (Å²) < 4.78 is 5.32. The Balaban J connectivity index is 1.40. The van der Waals surface area contributed by atoms with Crippen molar-refractivity contribution >= 4 is 5.69 Å². The molecule has 0 saturated carbocycles. The van der Waals surface area contributed by atoms with E-state index in [1.807, 2.05) is 36.5 Å². The maximum atomic E-state index is 10.9. The molecule has 0 amide bonds. The summed E-state index contributed by atoms with van der Waals surface area (Å²) in [6.07, 6.45) is 10.5. The van der Waals surface area contributed by atoms with Crippen LogP contribution in [0.15, 0.2) is 83.5 Å². The number of hydrazine groups is 1. The number of rotatable bonds is 5. The lowest BCUT2D eigenvalue weighted by Gasteiger charge is -2.30. The third kappa shape index (κ3) is 3.19. The van der Waals surface area contributed by atoms with E-state index in [1.165, 1.54) is 22.4 Å². The average molecular weight is 402 g/mol. The molecule has 5 nitrogen and oxygen atoms in total. The molecule has 0 bridgehead atoms. The fourth-order valence-corrected chi connectivity index (χ4v) is 5.11. The van der Waals surface area contributed by atoms with E-state index in [1.54, 1.807) is 13.3 Å². The van der Waals surface area contributed by atoms with Crippen LogP contribution in [0.3, 0.4) is 0 Å². The molecule has 2 aliphatic carbocycles. The molecule has 5 heteroatoms. The standard InChI is InChI=1S/C25H27N3O2/c1-16-22-15-27-28(20-6-4-10-26-14-20)23(22)12-18-8-9-19(25(16)18)13-24(29)17-5-3-7-21(11-17)30-2/h3-7,10-12,14-16,19,24,27,29H,8-9,13H2,1-2H3/t16-,19+,24?/m0/s1. The summed E-state index contributed by atoms with van der Waals surface area (Å²) in [4.78, 5) is 4.26. The quantitative estimate of drug-likeness (QED) is 0.763. The number of allylic oxidation sites excluding steroid dienone is 4. The van der Waals surface area contributed by atoms with Gasteiger partial charge >= 0.3 is 0 Å². The molecule has 1 aliphatic heterocycles. The first-order valence-electron chi connectivity index (χ1n) is 10.6. The smallest absolute Gasteiger partial charge is 0.119 e. The van der Waals surface area contributed by atoms with E-state index >= 15 is 0 Å². The molecule has 1 aromatic carbocycles. The summed E-state index contributed by atoms with van der Waals surface area (Å²) in [7, 11) is 1.66. The molecule has 2 N–H and O–H groups in total. The summed E-state index contributed by atoms with van der Waals surface area (Å²) in [6, 6.07) is 11.8. The Morgan fingerprint density at radius 2 is 2.20 bits per heavy atom. The lowest BCUT2D eigenvalue weighted by Crippen LogP contribution is -2.30. The summed E-state index contributed by atoms with van der Waals surface area (Å²) in [5.74, 6) is 1.51. The molecule has 0 spiro atoms. The number of ether oxygens (including phenoxy) is 1. The molecule has 0 saturated heterocycles. The first-order valence-corrected chi connectivity index (χ1v) is 10.6. The van der Waals surface area contributed by atoms with Crippen LogP contribution in [-0.2, 0) is 0 Å². The number of benzene rings is 1. The predicted octanol–water partition coefficient (Wildman–Crippen LogP) is 4.66. The molecule has 2 heterocycles. The largest absolute Gasteiger partial charge is 0.497 e. The van der Waals surface area contributed by atoms with Gasteiger partial charge in [0.15, 0.2) is 0 Å². The van der Waals surface area contributed by atoms with Crippen molar-refractivity contribution in [3.63, 3.8) is 0 Å². The van der Waals surface area contributed by atoms with Crippen LogP contribution >= 0.6 is 0 Å². The van der Waals surface area contributed by atoms with E-state index in [0.717, 1.165) is 36.3 Å². The Morgan fingerprint density at radius 3 is 3.00 bits per heavy atom. The first-order chi connectivity index (χ1) is 14.7. The third-order valence-electron chi connectivity index (χ3n) is 6.59. The van der Waals surface area contributed by atoms with Gasteiger partial charge < -0.3 is 15.3 Å². The summed E-state index contributed by atoms with van der Waals surface area (Å²) in [5.41, 5.74) is 10.8. The zero-order chi connectivity index (χ0) is 20.7.